The summed E-state index contributed by atoms with van der Waals surface area (Å²) >= 11 is 0. The van der Waals surface area contributed by atoms with Crippen LogP contribution in [0.15, 0.2) is 24.3 Å². The molecule has 10 heteroatoms. The summed E-state index contributed by atoms with van der Waals surface area (Å²) < 4.78 is 11.4. The summed E-state index contributed by atoms with van der Waals surface area (Å²) in [6, 6.07) is 8.42. The fourth-order valence-electron chi connectivity index (χ4n) is 5.47. The van der Waals surface area contributed by atoms with E-state index in [0.717, 1.165) is 81.0 Å². The summed E-state index contributed by atoms with van der Waals surface area (Å²) in [7, 11) is 0. The van der Waals surface area contributed by atoms with Gasteiger partial charge in [-0.05, 0) is 69.2 Å². The number of hydrogen-bond acceptors (Lipinski definition) is 9. The molecule has 5 rings (SSSR count). The zero-order chi connectivity index (χ0) is 27.4. The van der Waals surface area contributed by atoms with Gasteiger partial charge in [0, 0.05) is 43.3 Å². The van der Waals surface area contributed by atoms with Crippen LogP contribution in [0.2, 0.25) is 0 Å². The minimum atomic E-state index is -0.301. The topological polar surface area (TPSA) is 119 Å². The van der Waals surface area contributed by atoms with Gasteiger partial charge in [-0.25, -0.2) is 10.3 Å². The quantitative estimate of drug-likeness (QED) is 0.169. The van der Waals surface area contributed by atoms with Crippen LogP contribution in [-0.2, 0) is 20.8 Å². The first-order chi connectivity index (χ1) is 19.7. The van der Waals surface area contributed by atoms with Crippen molar-refractivity contribution in [2.75, 3.05) is 35.7 Å². The SMILES string of the molecule is O=C(CCCCCCOc1ccc(Nc2nc3c(c(NC4CCCCC4)n2)CCN3)cc1)NOC1CCCCO1. The first-order valence-corrected chi connectivity index (χ1v) is 15.2. The molecule has 1 atom stereocenters. The second-order valence-electron chi connectivity index (χ2n) is 11.0. The van der Waals surface area contributed by atoms with Gasteiger partial charge >= 0.3 is 0 Å². The Hall–Kier alpha value is -3.11. The van der Waals surface area contributed by atoms with Crippen LogP contribution >= 0.6 is 0 Å². The number of unbranched alkanes of at least 4 members (excludes halogenated alkanes) is 3. The Morgan fingerprint density at radius 3 is 2.62 bits per heavy atom. The molecule has 1 aromatic heterocycles. The molecular weight excluding hydrogens is 508 g/mol. The van der Waals surface area contributed by atoms with Gasteiger partial charge in [0.15, 0.2) is 6.29 Å². The fourth-order valence-corrected chi connectivity index (χ4v) is 5.47. The van der Waals surface area contributed by atoms with Crippen molar-refractivity contribution < 1.29 is 19.1 Å². The van der Waals surface area contributed by atoms with E-state index in [4.69, 9.17) is 24.3 Å². The van der Waals surface area contributed by atoms with Crippen molar-refractivity contribution in [2.24, 2.45) is 0 Å². The van der Waals surface area contributed by atoms with Gasteiger partial charge in [-0.15, -0.1) is 0 Å². The van der Waals surface area contributed by atoms with E-state index in [2.05, 4.69) is 21.4 Å². The van der Waals surface area contributed by atoms with Crippen molar-refractivity contribution >= 4 is 29.2 Å². The summed E-state index contributed by atoms with van der Waals surface area (Å²) in [5.41, 5.74) is 4.64. The Labute approximate surface area is 237 Å². The van der Waals surface area contributed by atoms with Crippen LogP contribution in [0, 0.1) is 0 Å². The molecule has 2 aromatic rings. The van der Waals surface area contributed by atoms with Gasteiger partial charge in [0.05, 0.1) is 6.61 Å². The lowest BCUT2D eigenvalue weighted by atomic mass is 9.95. The number of rotatable bonds is 14. The Morgan fingerprint density at radius 1 is 0.975 bits per heavy atom. The van der Waals surface area contributed by atoms with Crippen molar-refractivity contribution in [3.05, 3.63) is 29.8 Å². The highest BCUT2D eigenvalue weighted by Gasteiger charge is 2.22. The third-order valence-corrected chi connectivity index (χ3v) is 7.74. The van der Waals surface area contributed by atoms with E-state index in [-0.39, 0.29) is 12.2 Å². The summed E-state index contributed by atoms with van der Waals surface area (Å²) in [6.45, 7) is 2.25. The fraction of sp³-hybridized carbons (Fsp3) is 0.633. The molecule has 40 heavy (non-hydrogen) atoms. The molecule has 10 nitrogen and oxygen atoms in total. The van der Waals surface area contributed by atoms with Crippen LogP contribution in [0.1, 0.15) is 89.0 Å². The van der Waals surface area contributed by atoms with Crippen LogP contribution in [0.5, 0.6) is 5.75 Å². The summed E-state index contributed by atoms with van der Waals surface area (Å²) in [6.07, 6.45) is 14.2. The summed E-state index contributed by atoms with van der Waals surface area (Å²) in [4.78, 5) is 26.8. The number of ether oxygens (including phenoxy) is 2. The Bertz CT molecular complexity index is 1070. The molecular formula is C30H44N6O4. The second kappa shape index (κ2) is 15.0. The van der Waals surface area contributed by atoms with Gasteiger partial charge in [-0.2, -0.15) is 9.97 Å². The molecule has 1 aromatic carbocycles. The normalized spacial score (nSPS) is 18.9. The molecule has 2 fully saturated rings. The molecule has 1 saturated carbocycles. The van der Waals surface area contributed by atoms with Crippen molar-refractivity contribution in [2.45, 2.75) is 102 Å². The molecule has 218 valence electrons. The van der Waals surface area contributed by atoms with Gasteiger partial charge in [0.25, 0.3) is 0 Å². The van der Waals surface area contributed by atoms with E-state index >= 15 is 0 Å². The third-order valence-electron chi connectivity index (χ3n) is 7.74. The lowest BCUT2D eigenvalue weighted by molar-refractivity contribution is -0.200. The van der Waals surface area contributed by atoms with Gasteiger partial charge < -0.3 is 25.4 Å². The number of carbonyl (C=O) groups excluding carboxylic acids is 1. The number of hydroxylamine groups is 1. The van der Waals surface area contributed by atoms with Gasteiger partial charge in [-0.3, -0.25) is 4.79 Å². The van der Waals surface area contributed by atoms with Gasteiger partial charge in [0.2, 0.25) is 11.9 Å². The van der Waals surface area contributed by atoms with E-state index in [0.29, 0.717) is 31.6 Å². The zero-order valence-electron chi connectivity index (χ0n) is 23.5. The molecule has 1 aliphatic carbocycles. The molecule has 4 N–H and O–H groups in total. The van der Waals surface area contributed by atoms with Crippen molar-refractivity contribution in [1.82, 2.24) is 15.4 Å². The minimum Gasteiger partial charge on any atom is -0.494 e. The number of benzene rings is 1. The molecule has 1 unspecified atom stereocenters. The van der Waals surface area contributed by atoms with Crippen LogP contribution in [0.25, 0.3) is 0 Å². The van der Waals surface area contributed by atoms with E-state index in [1.165, 1.54) is 37.7 Å². The maximum Gasteiger partial charge on any atom is 0.243 e. The van der Waals surface area contributed by atoms with Crippen LogP contribution < -0.4 is 26.2 Å². The average Bonchev–Trinajstić information content (AvgIpc) is 3.47. The highest BCUT2D eigenvalue weighted by Crippen LogP contribution is 2.31. The summed E-state index contributed by atoms with van der Waals surface area (Å²) in [5, 5.41) is 10.5. The number of nitrogens with zero attached hydrogens (tertiary/aromatic N) is 2. The summed E-state index contributed by atoms with van der Waals surface area (Å²) in [5.74, 6) is 3.24. The monoisotopic (exact) mass is 552 g/mol. The molecule has 1 saturated heterocycles. The number of nitrogens with one attached hydrogen (secondary N) is 4. The number of fused-ring (bicyclic) bond motifs is 1. The first-order valence-electron chi connectivity index (χ1n) is 15.2. The molecule has 0 radical (unpaired) electrons. The van der Waals surface area contributed by atoms with E-state index in [1.54, 1.807) is 0 Å². The van der Waals surface area contributed by atoms with E-state index in [9.17, 15) is 4.79 Å². The number of aromatic nitrogens is 2. The van der Waals surface area contributed by atoms with Crippen LogP contribution in [-0.4, -0.2) is 48.0 Å². The number of amides is 1. The highest BCUT2D eigenvalue weighted by atomic mass is 16.8. The molecule has 0 spiro atoms. The second-order valence-corrected chi connectivity index (χ2v) is 11.0. The maximum absolute atomic E-state index is 11.9. The number of carbonyl (C=O) groups is 1. The molecule has 2 aliphatic heterocycles. The first kappa shape index (κ1) is 28.4. The Kier molecular flexibility index (Phi) is 10.7. The zero-order valence-corrected chi connectivity index (χ0v) is 23.5. The lowest BCUT2D eigenvalue weighted by Crippen LogP contribution is -2.32. The highest BCUT2D eigenvalue weighted by molar-refractivity contribution is 5.74. The van der Waals surface area contributed by atoms with Crippen LogP contribution in [0.3, 0.4) is 0 Å². The minimum absolute atomic E-state index is 0.0858. The average molecular weight is 553 g/mol. The smallest absolute Gasteiger partial charge is 0.243 e. The Balaban J connectivity index is 0.986. The van der Waals surface area contributed by atoms with E-state index in [1.807, 2.05) is 24.3 Å². The van der Waals surface area contributed by atoms with Crippen molar-refractivity contribution in [3.8, 4) is 5.75 Å². The number of anilines is 4. The molecule has 3 heterocycles. The predicted molar refractivity (Wildman–Crippen MR) is 156 cm³/mol. The molecule has 1 amide bonds. The predicted octanol–water partition coefficient (Wildman–Crippen LogP) is 5.84. The largest absolute Gasteiger partial charge is 0.494 e. The Morgan fingerprint density at radius 2 is 1.80 bits per heavy atom. The van der Waals surface area contributed by atoms with Crippen LogP contribution in [0.4, 0.5) is 23.3 Å². The lowest BCUT2D eigenvalue weighted by Gasteiger charge is -2.24. The van der Waals surface area contributed by atoms with Crippen molar-refractivity contribution in [1.29, 1.82) is 0 Å². The maximum atomic E-state index is 11.9. The third kappa shape index (κ3) is 8.69. The standard InChI is InChI=1S/C30H44N6O4/c37-26(36-40-27-13-7-9-21-39-27)12-6-1-2-8-20-38-24-16-14-23(15-17-24)33-30-34-28-25(18-19-31-28)29(35-30)32-22-10-4-3-5-11-22/h14-17,22,27H,1-13,18-21H2,(H,36,37)(H3,31,32,33,34,35). The van der Waals surface area contributed by atoms with Gasteiger partial charge in [0.1, 0.15) is 17.4 Å². The van der Waals surface area contributed by atoms with E-state index < -0.39 is 0 Å². The molecule has 0 bridgehead atoms. The molecule has 3 aliphatic rings. The number of hydrogen-bond donors (Lipinski definition) is 4. The van der Waals surface area contributed by atoms with Gasteiger partial charge in [-0.1, -0.05) is 32.1 Å². The van der Waals surface area contributed by atoms with Crippen molar-refractivity contribution in [3.63, 3.8) is 0 Å².